The van der Waals surface area contributed by atoms with Gasteiger partial charge in [-0.1, -0.05) is 66.7 Å². The van der Waals surface area contributed by atoms with Crippen LogP contribution >= 0.6 is 0 Å². The molecular formula is C20H20O2. The zero-order valence-corrected chi connectivity index (χ0v) is 12.7. The van der Waals surface area contributed by atoms with Gasteiger partial charge < -0.3 is 4.74 Å². The van der Waals surface area contributed by atoms with Gasteiger partial charge >= 0.3 is 5.97 Å². The fourth-order valence-electron chi connectivity index (χ4n) is 3.58. The van der Waals surface area contributed by atoms with Gasteiger partial charge in [0.1, 0.15) is 5.41 Å². The Morgan fingerprint density at radius 2 is 1.73 bits per heavy atom. The Balaban J connectivity index is 2.11. The second-order valence-electron chi connectivity index (χ2n) is 5.61. The van der Waals surface area contributed by atoms with Crippen LogP contribution in [0.15, 0.2) is 73.3 Å². The molecule has 0 bridgehead atoms. The molecule has 3 rings (SSSR count). The highest BCUT2D eigenvalue weighted by atomic mass is 16.5. The fraction of sp³-hybridized carbons (Fsp3) is 0.250. The maximum absolute atomic E-state index is 12.8. The van der Waals surface area contributed by atoms with Crippen LogP contribution in [0.4, 0.5) is 0 Å². The molecule has 2 nitrogen and oxygen atoms in total. The monoisotopic (exact) mass is 292 g/mol. The number of carbonyl (C=O) groups is 1. The molecule has 22 heavy (non-hydrogen) atoms. The van der Waals surface area contributed by atoms with E-state index in [1.165, 1.54) is 0 Å². The molecule has 2 aromatic carbocycles. The smallest absolute Gasteiger partial charge is 0.317 e. The Kier molecular flexibility index (Phi) is 3.84. The van der Waals surface area contributed by atoms with E-state index in [9.17, 15) is 4.79 Å². The van der Waals surface area contributed by atoms with Crippen molar-refractivity contribution in [1.29, 1.82) is 0 Å². The molecule has 1 unspecified atom stereocenters. The maximum atomic E-state index is 12.8. The molecule has 0 N–H and O–H groups in total. The molecule has 1 saturated carbocycles. The second-order valence-corrected chi connectivity index (χ2v) is 5.61. The number of allylic oxidation sites excluding steroid dienone is 1. The largest absolute Gasteiger partial charge is 0.465 e. The van der Waals surface area contributed by atoms with Crippen molar-refractivity contribution < 1.29 is 9.53 Å². The van der Waals surface area contributed by atoms with Gasteiger partial charge in [-0.2, -0.15) is 0 Å². The Bertz CT molecular complexity index is 663. The van der Waals surface area contributed by atoms with Gasteiger partial charge in [0.05, 0.1) is 6.61 Å². The normalized spacial score (nSPS) is 26.2. The molecule has 2 aromatic rings. The summed E-state index contributed by atoms with van der Waals surface area (Å²) in [5.41, 5.74) is 1.52. The van der Waals surface area contributed by atoms with E-state index in [0.717, 1.165) is 11.1 Å². The van der Waals surface area contributed by atoms with Gasteiger partial charge in [0.15, 0.2) is 0 Å². The molecule has 1 aliphatic carbocycles. The maximum Gasteiger partial charge on any atom is 0.317 e. The van der Waals surface area contributed by atoms with E-state index in [-0.39, 0.29) is 17.8 Å². The van der Waals surface area contributed by atoms with E-state index >= 15 is 0 Å². The van der Waals surface area contributed by atoms with Crippen LogP contribution in [-0.4, -0.2) is 12.6 Å². The minimum absolute atomic E-state index is 0.0661. The predicted octanol–water partition coefficient (Wildman–Crippen LogP) is 4.09. The molecule has 0 aromatic heterocycles. The average molecular weight is 292 g/mol. The molecular weight excluding hydrogens is 272 g/mol. The molecule has 0 spiro atoms. The van der Waals surface area contributed by atoms with Crippen LogP contribution in [0.5, 0.6) is 0 Å². The number of benzene rings is 2. The first-order valence-corrected chi connectivity index (χ1v) is 7.67. The van der Waals surface area contributed by atoms with Crippen molar-refractivity contribution in [3.63, 3.8) is 0 Å². The highest BCUT2D eigenvalue weighted by Crippen LogP contribution is 2.66. The van der Waals surface area contributed by atoms with Crippen LogP contribution in [0.1, 0.15) is 24.0 Å². The number of hydrogen-bond donors (Lipinski definition) is 0. The van der Waals surface area contributed by atoms with Gasteiger partial charge in [0.2, 0.25) is 0 Å². The van der Waals surface area contributed by atoms with Crippen molar-refractivity contribution in [3.8, 4) is 0 Å². The highest BCUT2D eigenvalue weighted by Gasteiger charge is 2.70. The fourth-order valence-corrected chi connectivity index (χ4v) is 3.58. The summed E-state index contributed by atoms with van der Waals surface area (Å²) in [4.78, 5) is 12.8. The molecule has 3 atom stereocenters. The van der Waals surface area contributed by atoms with Crippen LogP contribution in [-0.2, 0) is 14.9 Å². The van der Waals surface area contributed by atoms with Crippen molar-refractivity contribution >= 4 is 5.97 Å². The van der Waals surface area contributed by atoms with E-state index in [0.29, 0.717) is 6.61 Å². The van der Waals surface area contributed by atoms with E-state index in [1.807, 2.05) is 61.5 Å². The van der Waals surface area contributed by atoms with Gasteiger partial charge in [-0.3, -0.25) is 4.79 Å². The molecule has 0 aliphatic heterocycles. The topological polar surface area (TPSA) is 26.3 Å². The quantitative estimate of drug-likeness (QED) is 0.613. The molecule has 112 valence electrons. The van der Waals surface area contributed by atoms with Crippen molar-refractivity contribution in [3.05, 3.63) is 84.4 Å². The van der Waals surface area contributed by atoms with Gasteiger partial charge in [-0.15, -0.1) is 6.58 Å². The van der Waals surface area contributed by atoms with E-state index in [4.69, 9.17) is 4.74 Å². The van der Waals surface area contributed by atoms with E-state index < -0.39 is 5.41 Å². The summed E-state index contributed by atoms with van der Waals surface area (Å²) in [7, 11) is 0. The number of esters is 1. The Labute approximate surface area is 131 Å². The first-order chi connectivity index (χ1) is 10.8. The zero-order valence-electron chi connectivity index (χ0n) is 12.7. The van der Waals surface area contributed by atoms with Gasteiger partial charge in [-0.05, 0) is 18.1 Å². The average Bonchev–Trinajstić information content (AvgIpc) is 3.27. The van der Waals surface area contributed by atoms with Crippen molar-refractivity contribution in [1.82, 2.24) is 0 Å². The molecule has 0 saturated heterocycles. The van der Waals surface area contributed by atoms with Crippen LogP contribution in [0.3, 0.4) is 0 Å². The summed E-state index contributed by atoms with van der Waals surface area (Å²) in [5.74, 6) is 0.00366. The summed E-state index contributed by atoms with van der Waals surface area (Å²) >= 11 is 0. The lowest BCUT2D eigenvalue weighted by Crippen LogP contribution is -2.27. The van der Waals surface area contributed by atoms with Crippen molar-refractivity contribution in [2.45, 2.75) is 18.3 Å². The minimum Gasteiger partial charge on any atom is -0.465 e. The number of hydrogen-bond acceptors (Lipinski definition) is 2. The summed E-state index contributed by atoms with van der Waals surface area (Å²) in [6.07, 6.45) is 1.89. The molecule has 1 fully saturated rings. The first-order valence-electron chi connectivity index (χ1n) is 7.67. The van der Waals surface area contributed by atoms with Crippen molar-refractivity contribution in [2.24, 2.45) is 5.92 Å². The zero-order chi connectivity index (χ0) is 15.6. The lowest BCUT2D eigenvalue weighted by atomic mass is 9.90. The number of carbonyl (C=O) groups excluding carboxylic acids is 1. The van der Waals surface area contributed by atoms with Crippen molar-refractivity contribution in [2.75, 3.05) is 6.61 Å². The Morgan fingerprint density at radius 1 is 1.14 bits per heavy atom. The summed E-state index contributed by atoms with van der Waals surface area (Å²) in [6.45, 7) is 6.19. The van der Waals surface area contributed by atoms with Crippen LogP contribution in [0, 0.1) is 5.92 Å². The summed E-state index contributed by atoms with van der Waals surface area (Å²) in [6, 6.07) is 20.1. The lowest BCUT2D eigenvalue weighted by Gasteiger charge is -2.17. The van der Waals surface area contributed by atoms with Crippen LogP contribution in [0.2, 0.25) is 0 Å². The first kappa shape index (κ1) is 14.6. The van der Waals surface area contributed by atoms with Crippen LogP contribution in [0.25, 0.3) is 0 Å². The third-order valence-corrected chi connectivity index (χ3v) is 4.54. The summed E-state index contributed by atoms with van der Waals surface area (Å²) in [5, 5.41) is 0. The number of ether oxygens (including phenoxy) is 1. The third kappa shape index (κ3) is 2.07. The van der Waals surface area contributed by atoms with E-state index in [2.05, 4.69) is 18.7 Å². The Hall–Kier alpha value is -2.35. The SMILES string of the molecule is C=CC1[C@@H](c2ccccc2)[C@@]1(C(=O)OCC)c1ccccc1. The number of rotatable bonds is 5. The van der Waals surface area contributed by atoms with Gasteiger partial charge in [0.25, 0.3) is 0 Å². The molecule has 1 aliphatic rings. The molecule has 0 radical (unpaired) electrons. The van der Waals surface area contributed by atoms with Crippen LogP contribution < -0.4 is 0 Å². The lowest BCUT2D eigenvalue weighted by molar-refractivity contribution is -0.146. The minimum atomic E-state index is -0.639. The van der Waals surface area contributed by atoms with Gasteiger partial charge in [0, 0.05) is 11.8 Å². The highest BCUT2D eigenvalue weighted by molar-refractivity contribution is 5.91. The predicted molar refractivity (Wildman–Crippen MR) is 87.6 cm³/mol. The standard InChI is InChI=1S/C20H20O2/c1-3-17-18(15-11-7-5-8-12-15)20(17,19(21)22-4-2)16-13-9-6-10-14-16/h3,5-14,17-18H,1,4H2,2H3/t17?,18-,20-/m1/s1. The molecule has 0 amide bonds. The summed E-state index contributed by atoms with van der Waals surface area (Å²) < 4.78 is 5.42. The Morgan fingerprint density at radius 3 is 2.27 bits per heavy atom. The second kappa shape index (κ2) is 5.80. The molecule has 0 heterocycles. The third-order valence-electron chi connectivity index (χ3n) is 4.54. The molecule has 2 heteroatoms. The van der Waals surface area contributed by atoms with E-state index in [1.54, 1.807) is 0 Å². The van der Waals surface area contributed by atoms with Gasteiger partial charge in [-0.25, -0.2) is 0 Å².